The fourth-order valence-corrected chi connectivity index (χ4v) is 3.76. The van der Waals surface area contributed by atoms with Gasteiger partial charge in [0.15, 0.2) is 23.1 Å². The zero-order chi connectivity index (χ0) is 38.5. The summed E-state index contributed by atoms with van der Waals surface area (Å²) >= 11 is 0. The van der Waals surface area contributed by atoms with Gasteiger partial charge in [-0.2, -0.15) is 74.6 Å². The molecule has 3 aromatic carbocycles. The van der Waals surface area contributed by atoms with E-state index in [9.17, 15) is 83.4 Å². The first-order chi connectivity index (χ1) is 22.4. The van der Waals surface area contributed by atoms with E-state index in [4.69, 9.17) is 4.74 Å². The van der Waals surface area contributed by atoms with E-state index in [-0.39, 0.29) is 18.2 Å². The van der Waals surface area contributed by atoms with Crippen molar-refractivity contribution in [2.75, 3.05) is 0 Å². The van der Waals surface area contributed by atoms with Gasteiger partial charge in [0.2, 0.25) is 11.6 Å². The first kappa shape index (κ1) is 40.0. The molecule has 0 unspecified atom stereocenters. The quantitative estimate of drug-likeness (QED) is 0.130. The Labute approximate surface area is 265 Å². The SMILES string of the molecule is CC(C)Oc1c(OB(Oc2cc(C(F)(F)F)cc(C(F)(F)F)c2)Oc2c(F)c(F)c(C(F)(F)F)c(F)c2F)cc(C(F)(F)F)cc1C(F)(F)F. The highest BCUT2D eigenvalue weighted by molar-refractivity contribution is 6.39. The second-order valence-electron chi connectivity index (χ2n) is 9.85. The molecule has 0 bridgehead atoms. The number of hydrogen-bond donors (Lipinski definition) is 0. The summed E-state index contributed by atoms with van der Waals surface area (Å²) in [5.41, 5.74) is -12.2. The molecule has 0 radical (unpaired) electrons. The van der Waals surface area contributed by atoms with Crippen LogP contribution < -0.4 is 18.7 Å². The molecule has 0 amide bonds. The predicted molar refractivity (Wildman–Crippen MR) is 128 cm³/mol. The van der Waals surface area contributed by atoms with Gasteiger partial charge < -0.3 is 18.7 Å². The fraction of sp³-hybridized carbons (Fsp3) is 0.308. The summed E-state index contributed by atoms with van der Waals surface area (Å²) in [6.07, 6.45) is -30.4. The fourth-order valence-electron chi connectivity index (χ4n) is 3.76. The number of alkyl halides is 15. The highest BCUT2D eigenvalue weighted by atomic mass is 19.4. The molecule has 50 heavy (non-hydrogen) atoms. The van der Waals surface area contributed by atoms with Gasteiger partial charge in [-0.15, -0.1) is 0 Å². The van der Waals surface area contributed by atoms with Crippen LogP contribution in [0, 0.1) is 23.3 Å². The van der Waals surface area contributed by atoms with E-state index in [0.29, 0.717) is 0 Å². The number of halogens is 19. The molecular weight excluding hydrogens is 748 g/mol. The van der Waals surface area contributed by atoms with Crippen LogP contribution in [0.4, 0.5) is 83.4 Å². The third-order valence-electron chi connectivity index (χ3n) is 5.78. The van der Waals surface area contributed by atoms with Crippen molar-refractivity contribution in [3.05, 3.63) is 81.4 Å². The second-order valence-corrected chi connectivity index (χ2v) is 9.85. The first-order valence-corrected chi connectivity index (χ1v) is 12.6. The van der Waals surface area contributed by atoms with Crippen LogP contribution in [-0.4, -0.2) is 13.4 Å². The zero-order valence-corrected chi connectivity index (χ0v) is 23.9. The molecule has 0 fully saturated rings. The summed E-state index contributed by atoms with van der Waals surface area (Å²) in [6.45, 7) is 1.96. The zero-order valence-electron chi connectivity index (χ0n) is 23.9. The lowest BCUT2D eigenvalue weighted by Crippen LogP contribution is -2.38. The van der Waals surface area contributed by atoms with E-state index in [1.165, 1.54) is 0 Å². The van der Waals surface area contributed by atoms with Gasteiger partial charge in [-0.25, -0.2) is 8.78 Å². The van der Waals surface area contributed by atoms with E-state index in [2.05, 4.69) is 14.0 Å². The van der Waals surface area contributed by atoms with Gasteiger partial charge in [0.05, 0.1) is 22.8 Å². The molecule has 3 rings (SSSR count). The van der Waals surface area contributed by atoms with Crippen LogP contribution >= 0.6 is 0 Å². The predicted octanol–water partition coefficient (Wildman–Crippen LogP) is 10.6. The Bertz CT molecular complexity index is 1660. The number of rotatable bonds is 8. The van der Waals surface area contributed by atoms with Gasteiger partial charge >= 0.3 is 38.2 Å². The van der Waals surface area contributed by atoms with E-state index >= 15 is 0 Å². The van der Waals surface area contributed by atoms with Crippen LogP contribution in [0.1, 0.15) is 41.7 Å². The maximum atomic E-state index is 14.7. The summed E-state index contributed by atoms with van der Waals surface area (Å²) < 4.78 is 278. The Morgan fingerprint density at radius 1 is 0.480 bits per heavy atom. The van der Waals surface area contributed by atoms with Crippen LogP contribution in [0.15, 0.2) is 30.3 Å². The largest absolute Gasteiger partial charge is 0.864 e. The number of ether oxygens (including phenoxy) is 1. The molecule has 0 N–H and O–H groups in total. The summed E-state index contributed by atoms with van der Waals surface area (Å²) in [7, 11) is -3.67. The van der Waals surface area contributed by atoms with Crippen molar-refractivity contribution in [2.45, 2.75) is 50.8 Å². The minimum absolute atomic E-state index is 0.339. The van der Waals surface area contributed by atoms with Crippen LogP contribution in [0.2, 0.25) is 0 Å². The van der Waals surface area contributed by atoms with Crippen molar-refractivity contribution in [2.24, 2.45) is 0 Å². The van der Waals surface area contributed by atoms with Crippen LogP contribution in [0.5, 0.6) is 23.0 Å². The van der Waals surface area contributed by atoms with Gasteiger partial charge in [-0.1, -0.05) is 0 Å². The highest BCUT2D eigenvalue weighted by Crippen LogP contribution is 2.47. The average Bonchev–Trinajstić information content (AvgIpc) is 2.91. The molecule has 4 nitrogen and oxygen atoms in total. The molecule has 0 saturated heterocycles. The number of hydrogen-bond acceptors (Lipinski definition) is 4. The van der Waals surface area contributed by atoms with Gasteiger partial charge in [-0.3, -0.25) is 0 Å². The van der Waals surface area contributed by atoms with Crippen molar-refractivity contribution >= 4 is 7.32 Å². The van der Waals surface area contributed by atoms with Crippen LogP contribution in [-0.2, 0) is 30.9 Å². The third-order valence-corrected chi connectivity index (χ3v) is 5.78. The molecule has 0 aliphatic carbocycles. The molecule has 0 heterocycles. The third kappa shape index (κ3) is 9.03. The Balaban J connectivity index is 2.38. The Morgan fingerprint density at radius 3 is 1.30 bits per heavy atom. The van der Waals surface area contributed by atoms with Crippen molar-refractivity contribution in [3.63, 3.8) is 0 Å². The average molecular weight is 760 g/mol. The monoisotopic (exact) mass is 760 g/mol. The molecule has 0 aliphatic heterocycles. The second kappa shape index (κ2) is 13.4. The molecule has 0 aromatic heterocycles. The van der Waals surface area contributed by atoms with Crippen molar-refractivity contribution in [1.29, 1.82) is 0 Å². The van der Waals surface area contributed by atoms with E-state index in [0.717, 1.165) is 13.8 Å². The Kier molecular flexibility index (Phi) is 10.7. The topological polar surface area (TPSA) is 36.9 Å². The minimum Gasteiger partial charge on any atom is -0.490 e. The maximum absolute atomic E-state index is 14.7. The van der Waals surface area contributed by atoms with Gasteiger partial charge in [0, 0.05) is 0 Å². The maximum Gasteiger partial charge on any atom is 0.864 e. The van der Waals surface area contributed by atoms with Crippen molar-refractivity contribution < 1.29 is 102 Å². The first-order valence-electron chi connectivity index (χ1n) is 12.6. The normalized spacial score (nSPS) is 13.1. The smallest absolute Gasteiger partial charge is 0.490 e. The van der Waals surface area contributed by atoms with E-state index in [1.807, 2.05) is 0 Å². The lowest BCUT2D eigenvalue weighted by molar-refractivity contribution is -0.145. The Morgan fingerprint density at radius 2 is 0.920 bits per heavy atom. The minimum atomic E-state index is -6.16. The highest BCUT2D eigenvalue weighted by Gasteiger charge is 2.47. The molecule has 276 valence electrons. The van der Waals surface area contributed by atoms with Crippen LogP contribution in [0.25, 0.3) is 0 Å². The summed E-state index contributed by atoms with van der Waals surface area (Å²) in [6, 6.07) is -2.12. The number of benzene rings is 3. The van der Waals surface area contributed by atoms with Gasteiger partial charge in [-0.05, 0) is 44.2 Å². The Hall–Kier alpha value is -4.41. The van der Waals surface area contributed by atoms with Crippen LogP contribution in [0.3, 0.4) is 0 Å². The standard InChI is InChI=1S/C26H12BF19O4/c1-8(2)47-20-13(25(41,42)43)6-11(24(38,39)40)7-14(20)49-27(48-12-4-9(22(32,33)34)3-10(5-12)23(35,36)37)50-21-18(30)16(28)15(26(44,45)46)17(29)19(21)31/h3-8H,1-2H3. The van der Waals surface area contributed by atoms with E-state index in [1.54, 1.807) is 0 Å². The molecule has 0 saturated carbocycles. The summed E-state index contributed by atoms with van der Waals surface area (Å²) in [5.74, 6) is -20.9. The summed E-state index contributed by atoms with van der Waals surface area (Å²) in [5, 5.41) is 0. The molecule has 0 spiro atoms. The molecule has 3 aromatic rings. The van der Waals surface area contributed by atoms with E-state index < -0.39 is 131 Å². The molecule has 0 aliphatic rings. The van der Waals surface area contributed by atoms with Gasteiger partial charge in [0.1, 0.15) is 22.6 Å². The molecular formula is C26H12BF19O4. The lowest BCUT2D eigenvalue weighted by atomic mass is 10.1. The van der Waals surface area contributed by atoms with Crippen molar-refractivity contribution in [3.8, 4) is 23.0 Å². The summed E-state index contributed by atoms with van der Waals surface area (Å²) in [4.78, 5) is 0. The molecule has 0 atom stereocenters. The van der Waals surface area contributed by atoms with Gasteiger partial charge in [0.25, 0.3) is 0 Å². The lowest BCUT2D eigenvalue weighted by Gasteiger charge is -2.24. The van der Waals surface area contributed by atoms with Crippen molar-refractivity contribution in [1.82, 2.24) is 0 Å². The molecule has 24 heteroatoms.